The smallest absolute Gasteiger partial charge is 0.453 e. The van der Waals surface area contributed by atoms with Gasteiger partial charge >= 0.3 is 12.1 Å². The van der Waals surface area contributed by atoms with Crippen LogP contribution >= 0.6 is 0 Å². The highest BCUT2D eigenvalue weighted by molar-refractivity contribution is 5.91. The third-order valence-corrected chi connectivity index (χ3v) is 1.60. The van der Waals surface area contributed by atoms with Gasteiger partial charge in [0.25, 0.3) is 5.76 Å². The van der Waals surface area contributed by atoms with Crippen LogP contribution in [-0.2, 0) is 10.9 Å². The minimum Gasteiger partial charge on any atom is -0.462 e. The van der Waals surface area contributed by atoms with Crippen LogP contribution in [0.15, 0.2) is 4.52 Å². The molecule has 15 heavy (non-hydrogen) atoms. The molecule has 0 aliphatic rings. The van der Waals surface area contributed by atoms with Gasteiger partial charge in [0, 0.05) is 0 Å². The molecule has 1 aromatic rings. The summed E-state index contributed by atoms with van der Waals surface area (Å²) in [5.41, 5.74) is -0.801. The lowest BCUT2D eigenvalue weighted by atomic mass is 10.2. The maximum Gasteiger partial charge on any atom is 0.453 e. The summed E-state index contributed by atoms with van der Waals surface area (Å²) in [6.45, 7) is 2.72. The highest BCUT2D eigenvalue weighted by Gasteiger charge is 2.42. The van der Waals surface area contributed by atoms with Crippen molar-refractivity contribution in [2.45, 2.75) is 20.0 Å². The first-order chi connectivity index (χ1) is 6.88. The van der Waals surface area contributed by atoms with Crippen molar-refractivity contribution >= 4 is 5.97 Å². The first-order valence-corrected chi connectivity index (χ1v) is 4.08. The Bertz CT molecular complexity index is 370. The number of nitrogens with zero attached hydrogens (tertiary/aromatic N) is 1. The molecule has 0 radical (unpaired) electrons. The van der Waals surface area contributed by atoms with Crippen LogP contribution in [0.25, 0.3) is 0 Å². The van der Waals surface area contributed by atoms with E-state index in [2.05, 4.69) is 14.4 Å². The lowest BCUT2D eigenvalue weighted by molar-refractivity contribution is -0.156. The topological polar surface area (TPSA) is 52.3 Å². The number of aryl methyl sites for hydroxylation is 1. The van der Waals surface area contributed by atoms with Crippen LogP contribution in [0.1, 0.15) is 28.7 Å². The normalized spacial score (nSPS) is 11.5. The summed E-state index contributed by atoms with van der Waals surface area (Å²) in [5.74, 6) is -2.50. The van der Waals surface area contributed by atoms with Crippen molar-refractivity contribution in [3.8, 4) is 0 Å². The molecule has 0 saturated carbocycles. The molecule has 1 aromatic heterocycles. The Kier molecular flexibility index (Phi) is 3.01. The maximum absolute atomic E-state index is 12.3. The van der Waals surface area contributed by atoms with E-state index in [1.54, 1.807) is 0 Å². The number of carbonyl (C=O) groups excluding carboxylic acids is 1. The number of hydrogen-bond donors (Lipinski definition) is 0. The second kappa shape index (κ2) is 3.92. The van der Waals surface area contributed by atoms with E-state index < -0.39 is 23.5 Å². The Hall–Kier alpha value is -1.53. The Morgan fingerprint density at radius 2 is 2.13 bits per heavy atom. The molecule has 0 aliphatic heterocycles. The Morgan fingerprint density at radius 1 is 1.53 bits per heavy atom. The Morgan fingerprint density at radius 3 is 2.60 bits per heavy atom. The number of rotatable bonds is 2. The molecule has 0 spiro atoms. The second-order valence-electron chi connectivity index (χ2n) is 2.69. The molecular weight excluding hydrogens is 215 g/mol. The summed E-state index contributed by atoms with van der Waals surface area (Å²) >= 11 is 0. The number of carbonyl (C=O) groups is 1. The highest BCUT2D eigenvalue weighted by atomic mass is 19.4. The molecule has 0 N–H and O–H groups in total. The van der Waals surface area contributed by atoms with Gasteiger partial charge in [-0.25, -0.2) is 4.79 Å². The zero-order valence-corrected chi connectivity index (χ0v) is 8.01. The van der Waals surface area contributed by atoms with E-state index in [4.69, 9.17) is 0 Å². The molecular formula is C8H8F3NO3. The van der Waals surface area contributed by atoms with Crippen LogP contribution in [0.3, 0.4) is 0 Å². The van der Waals surface area contributed by atoms with Gasteiger partial charge in [-0.05, 0) is 13.8 Å². The fourth-order valence-electron chi connectivity index (χ4n) is 1.01. The van der Waals surface area contributed by atoms with Crippen molar-refractivity contribution in [2.75, 3.05) is 6.61 Å². The minimum absolute atomic E-state index is 0.0131. The molecule has 0 aliphatic carbocycles. The van der Waals surface area contributed by atoms with Gasteiger partial charge in [-0.2, -0.15) is 13.2 Å². The molecule has 84 valence electrons. The van der Waals surface area contributed by atoms with Crippen LogP contribution in [0.4, 0.5) is 13.2 Å². The van der Waals surface area contributed by atoms with Gasteiger partial charge in [-0.3, -0.25) is 0 Å². The number of alkyl halides is 3. The third kappa shape index (κ3) is 2.28. The van der Waals surface area contributed by atoms with E-state index >= 15 is 0 Å². The van der Waals surface area contributed by atoms with Crippen molar-refractivity contribution in [1.82, 2.24) is 5.16 Å². The molecule has 0 unspecified atom stereocenters. The molecule has 0 fully saturated rings. The largest absolute Gasteiger partial charge is 0.462 e. The van der Waals surface area contributed by atoms with E-state index in [-0.39, 0.29) is 12.3 Å². The Balaban J connectivity index is 3.16. The number of halogens is 3. The molecule has 7 heteroatoms. The van der Waals surface area contributed by atoms with Gasteiger partial charge < -0.3 is 9.26 Å². The molecule has 4 nitrogen and oxygen atoms in total. The summed E-state index contributed by atoms with van der Waals surface area (Å²) in [6.07, 6.45) is -4.75. The molecule has 1 rings (SSSR count). The number of hydrogen-bond acceptors (Lipinski definition) is 4. The lowest BCUT2D eigenvalue weighted by Crippen LogP contribution is -2.13. The van der Waals surface area contributed by atoms with E-state index in [1.165, 1.54) is 13.8 Å². The van der Waals surface area contributed by atoms with Crippen molar-refractivity contribution in [3.63, 3.8) is 0 Å². The number of aromatic nitrogens is 1. The zero-order chi connectivity index (χ0) is 11.6. The van der Waals surface area contributed by atoms with Crippen LogP contribution in [0.5, 0.6) is 0 Å². The fourth-order valence-corrected chi connectivity index (χ4v) is 1.01. The first kappa shape index (κ1) is 11.5. The van der Waals surface area contributed by atoms with Crippen LogP contribution < -0.4 is 0 Å². The SMILES string of the molecule is CCOC(=O)c1c(C)noc1C(F)(F)F. The molecule has 0 aromatic carbocycles. The van der Waals surface area contributed by atoms with Gasteiger partial charge in [-0.1, -0.05) is 5.16 Å². The van der Waals surface area contributed by atoms with Crippen molar-refractivity contribution < 1.29 is 27.2 Å². The van der Waals surface area contributed by atoms with E-state index in [1.807, 2.05) is 0 Å². The van der Waals surface area contributed by atoms with Crippen LogP contribution in [-0.4, -0.2) is 17.7 Å². The van der Waals surface area contributed by atoms with Crippen molar-refractivity contribution in [3.05, 3.63) is 17.0 Å². The molecule has 0 saturated heterocycles. The summed E-state index contributed by atoms with van der Waals surface area (Å²) in [5, 5.41) is 3.09. The third-order valence-electron chi connectivity index (χ3n) is 1.60. The van der Waals surface area contributed by atoms with Gasteiger partial charge in [0.1, 0.15) is 5.56 Å². The highest BCUT2D eigenvalue weighted by Crippen LogP contribution is 2.33. The quantitative estimate of drug-likeness (QED) is 0.721. The van der Waals surface area contributed by atoms with Crippen molar-refractivity contribution in [2.24, 2.45) is 0 Å². The summed E-state index contributed by atoms with van der Waals surface area (Å²) < 4.78 is 45.5. The predicted octanol–water partition coefficient (Wildman–Crippen LogP) is 2.18. The molecule has 0 bridgehead atoms. The van der Waals surface area contributed by atoms with Gasteiger partial charge in [0.2, 0.25) is 0 Å². The van der Waals surface area contributed by atoms with Gasteiger partial charge in [0.05, 0.1) is 12.3 Å². The van der Waals surface area contributed by atoms with Gasteiger partial charge in [-0.15, -0.1) is 0 Å². The fraction of sp³-hybridized carbons (Fsp3) is 0.500. The zero-order valence-electron chi connectivity index (χ0n) is 8.01. The van der Waals surface area contributed by atoms with Crippen LogP contribution in [0, 0.1) is 6.92 Å². The number of esters is 1. The molecule has 1 heterocycles. The summed E-state index contributed by atoms with van der Waals surface area (Å²) in [6, 6.07) is 0. The molecule has 0 atom stereocenters. The summed E-state index contributed by atoms with van der Waals surface area (Å²) in [4.78, 5) is 11.2. The Labute approximate surface area is 83.0 Å². The van der Waals surface area contributed by atoms with E-state index in [9.17, 15) is 18.0 Å². The molecule has 0 amide bonds. The standard InChI is InChI=1S/C8H8F3NO3/c1-3-14-7(13)5-4(2)12-15-6(5)8(9,10)11/h3H2,1-2H3. The minimum atomic E-state index is -4.75. The summed E-state index contributed by atoms with van der Waals surface area (Å²) in [7, 11) is 0. The van der Waals surface area contributed by atoms with Crippen molar-refractivity contribution in [1.29, 1.82) is 0 Å². The van der Waals surface area contributed by atoms with E-state index in [0.717, 1.165) is 0 Å². The van der Waals surface area contributed by atoms with E-state index in [0.29, 0.717) is 0 Å². The average molecular weight is 223 g/mol. The average Bonchev–Trinajstić information content (AvgIpc) is 2.46. The first-order valence-electron chi connectivity index (χ1n) is 4.08. The maximum atomic E-state index is 12.3. The predicted molar refractivity (Wildman–Crippen MR) is 42.2 cm³/mol. The van der Waals surface area contributed by atoms with Gasteiger partial charge in [0.15, 0.2) is 0 Å². The monoisotopic (exact) mass is 223 g/mol. The second-order valence-corrected chi connectivity index (χ2v) is 2.69. The number of ether oxygens (including phenoxy) is 1. The van der Waals surface area contributed by atoms with Crippen LogP contribution in [0.2, 0.25) is 0 Å². The lowest BCUT2D eigenvalue weighted by Gasteiger charge is -2.04.